The minimum atomic E-state index is 0.0883. The quantitative estimate of drug-likeness (QED) is 0.780. The lowest BCUT2D eigenvalue weighted by molar-refractivity contribution is -0.137. The van der Waals surface area contributed by atoms with Crippen molar-refractivity contribution in [3.05, 3.63) is 0 Å². The van der Waals surface area contributed by atoms with Gasteiger partial charge in [0.25, 0.3) is 0 Å². The maximum Gasteiger partial charge on any atom is 0.140 e. The summed E-state index contributed by atoms with van der Waals surface area (Å²) < 4.78 is 0. The summed E-state index contributed by atoms with van der Waals surface area (Å²) in [6.07, 6.45) is 8.60. The van der Waals surface area contributed by atoms with Crippen LogP contribution in [0.3, 0.4) is 0 Å². The molecule has 19 heavy (non-hydrogen) atoms. The maximum atomic E-state index is 13.0. The van der Waals surface area contributed by atoms with Gasteiger partial charge < -0.3 is 0 Å². The molecule has 4 aliphatic rings. The highest BCUT2D eigenvalue weighted by Gasteiger charge is 2.55. The molecule has 0 aromatic rings. The SMILES string of the molecule is CC(=O)[C@H]1[C@@H]2CC[C@@H](C2)[C@H]1C(=O)[C@@H]1C[C@H]2CC[C@@H]1C2. The van der Waals surface area contributed by atoms with Gasteiger partial charge in [-0.2, -0.15) is 0 Å². The van der Waals surface area contributed by atoms with E-state index in [1.165, 1.54) is 32.1 Å². The zero-order chi connectivity index (χ0) is 13.1. The third-order valence-electron chi connectivity index (χ3n) is 6.82. The van der Waals surface area contributed by atoms with Crippen LogP contribution in [0.1, 0.15) is 51.9 Å². The first-order valence-electron chi connectivity index (χ1n) is 8.19. The topological polar surface area (TPSA) is 34.1 Å². The average molecular weight is 260 g/mol. The van der Waals surface area contributed by atoms with Gasteiger partial charge in [0.2, 0.25) is 0 Å². The summed E-state index contributed by atoms with van der Waals surface area (Å²) >= 11 is 0. The fourth-order valence-corrected chi connectivity index (χ4v) is 6.13. The van der Waals surface area contributed by atoms with E-state index < -0.39 is 0 Å². The minimum absolute atomic E-state index is 0.0883. The van der Waals surface area contributed by atoms with E-state index in [9.17, 15) is 9.59 Å². The van der Waals surface area contributed by atoms with Gasteiger partial charge in [-0.1, -0.05) is 6.42 Å². The molecule has 4 rings (SSSR count). The molecule has 4 aliphatic carbocycles. The summed E-state index contributed by atoms with van der Waals surface area (Å²) in [4.78, 5) is 25.0. The minimum Gasteiger partial charge on any atom is -0.300 e. The van der Waals surface area contributed by atoms with E-state index in [2.05, 4.69) is 0 Å². The van der Waals surface area contributed by atoms with Crippen LogP contribution >= 0.6 is 0 Å². The normalized spacial score (nSPS) is 50.9. The Bertz CT molecular complexity index is 427. The highest BCUT2D eigenvalue weighted by molar-refractivity contribution is 5.91. The second-order valence-corrected chi connectivity index (χ2v) is 7.68. The van der Waals surface area contributed by atoms with Crippen molar-refractivity contribution < 1.29 is 9.59 Å². The van der Waals surface area contributed by atoms with Gasteiger partial charge in [-0.05, 0) is 69.1 Å². The average Bonchev–Trinajstić information content (AvgIpc) is 3.14. The second kappa shape index (κ2) is 4.17. The highest BCUT2D eigenvalue weighted by Crippen LogP contribution is 2.56. The third-order valence-corrected chi connectivity index (χ3v) is 6.82. The lowest BCUT2D eigenvalue weighted by Crippen LogP contribution is -2.38. The predicted molar refractivity (Wildman–Crippen MR) is 72.4 cm³/mol. The van der Waals surface area contributed by atoms with E-state index in [1.54, 1.807) is 6.92 Å². The Balaban J connectivity index is 1.57. The van der Waals surface area contributed by atoms with E-state index >= 15 is 0 Å². The molecule has 2 heteroatoms. The first-order valence-corrected chi connectivity index (χ1v) is 8.19. The van der Waals surface area contributed by atoms with E-state index in [0.717, 1.165) is 18.8 Å². The number of hydrogen-bond donors (Lipinski definition) is 0. The standard InChI is InChI=1S/C17H24O2/c1-9(18)15-12-4-5-13(8-12)16(15)17(19)14-7-10-2-3-11(14)6-10/h10-16H,2-8H2,1H3/t10-,11+,12+,13-,14+,15-,16+/m0/s1. The van der Waals surface area contributed by atoms with Gasteiger partial charge >= 0.3 is 0 Å². The van der Waals surface area contributed by atoms with Crippen LogP contribution in [0, 0.1) is 41.4 Å². The van der Waals surface area contributed by atoms with Gasteiger partial charge in [0.05, 0.1) is 0 Å². The van der Waals surface area contributed by atoms with E-state index in [-0.39, 0.29) is 17.6 Å². The number of carbonyl (C=O) groups excluding carboxylic acids is 2. The Morgan fingerprint density at radius 3 is 2.05 bits per heavy atom. The highest BCUT2D eigenvalue weighted by atomic mass is 16.1. The number of carbonyl (C=O) groups is 2. The summed E-state index contributed by atoms with van der Waals surface area (Å²) in [6, 6.07) is 0. The number of ketones is 2. The molecular formula is C17H24O2. The number of hydrogen-bond acceptors (Lipinski definition) is 2. The lowest BCUT2D eigenvalue weighted by atomic mass is 9.70. The summed E-state index contributed by atoms with van der Waals surface area (Å²) in [6.45, 7) is 1.71. The van der Waals surface area contributed by atoms with Crippen LogP contribution in [-0.2, 0) is 9.59 Å². The zero-order valence-corrected chi connectivity index (χ0v) is 11.8. The molecule has 7 atom stereocenters. The fraction of sp³-hybridized carbons (Fsp3) is 0.882. The summed E-state index contributed by atoms with van der Waals surface area (Å²) in [5.74, 6) is 3.89. The summed E-state index contributed by atoms with van der Waals surface area (Å²) in [5, 5.41) is 0. The molecule has 0 radical (unpaired) electrons. The molecule has 0 unspecified atom stereocenters. The Kier molecular flexibility index (Phi) is 2.65. The molecule has 0 N–H and O–H groups in total. The van der Waals surface area contributed by atoms with Crippen molar-refractivity contribution in [1.82, 2.24) is 0 Å². The lowest BCUT2D eigenvalue weighted by Gasteiger charge is -2.32. The molecule has 104 valence electrons. The number of fused-ring (bicyclic) bond motifs is 4. The molecule has 4 saturated carbocycles. The molecule has 0 aliphatic heterocycles. The molecule has 0 saturated heterocycles. The Morgan fingerprint density at radius 1 is 0.789 bits per heavy atom. The van der Waals surface area contributed by atoms with Crippen LogP contribution in [0.4, 0.5) is 0 Å². The van der Waals surface area contributed by atoms with Crippen LogP contribution in [0.15, 0.2) is 0 Å². The fourth-order valence-electron chi connectivity index (χ4n) is 6.13. The van der Waals surface area contributed by atoms with Crippen LogP contribution in [0.2, 0.25) is 0 Å². The molecule has 0 spiro atoms. The summed E-state index contributed by atoms with van der Waals surface area (Å²) in [5.41, 5.74) is 0. The first kappa shape index (κ1) is 12.1. The molecule has 4 fully saturated rings. The number of Topliss-reactive ketones (excluding diaryl/α,β-unsaturated/α-hetero) is 2. The van der Waals surface area contributed by atoms with Crippen LogP contribution in [0.5, 0.6) is 0 Å². The van der Waals surface area contributed by atoms with Gasteiger partial charge in [-0.3, -0.25) is 9.59 Å². The molecule has 2 nitrogen and oxygen atoms in total. The van der Waals surface area contributed by atoms with Gasteiger partial charge in [0.1, 0.15) is 11.6 Å². The van der Waals surface area contributed by atoms with E-state index in [4.69, 9.17) is 0 Å². The largest absolute Gasteiger partial charge is 0.300 e. The summed E-state index contributed by atoms with van der Waals surface area (Å²) in [7, 11) is 0. The molecule has 0 amide bonds. The van der Waals surface area contributed by atoms with Gasteiger partial charge in [-0.25, -0.2) is 0 Å². The molecule has 0 aromatic carbocycles. The van der Waals surface area contributed by atoms with Crippen LogP contribution < -0.4 is 0 Å². The van der Waals surface area contributed by atoms with Crippen molar-refractivity contribution in [1.29, 1.82) is 0 Å². The second-order valence-electron chi connectivity index (χ2n) is 7.68. The van der Waals surface area contributed by atoms with Crippen molar-refractivity contribution in [2.45, 2.75) is 51.9 Å². The zero-order valence-electron chi connectivity index (χ0n) is 11.8. The Morgan fingerprint density at radius 2 is 1.47 bits per heavy atom. The smallest absolute Gasteiger partial charge is 0.140 e. The van der Waals surface area contributed by atoms with Gasteiger partial charge in [0.15, 0.2) is 0 Å². The maximum absolute atomic E-state index is 13.0. The predicted octanol–water partition coefficient (Wildman–Crippen LogP) is 3.24. The van der Waals surface area contributed by atoms with Crippen LogP contribution in [-0.4, -0.2) is 11.6 Å². The van der Waals surface area contributed by atoms with Crippen LogP contribution in [0.25, 0.3) is 0 Å². The monoisotopic (exact) mass is 260 g/mol. The van der Waals surface area contributed by atoms with Crippen molar-refractivity contribution in [3.63, 3.8) is 0 Å². The van der Waals surface area contributed by atoms with E-state index in [0.29, 0.717) is 29.5 Å². The third kappa shape index (κ3) is 1.68. The van der Waals surface area contributed by atoms with Crippen molar-refractivity contribution >= 4 is 11.6 Å². The van der Waals surface area contributed by atoms with E-state index in [1.807, 2.05) is 0 Å². The van der Waals surface area contributed by atoms with Gasteiger partial charge in [-0.15, -0.1) is 0 Å². The van der Waals surface area contributed by atoms with Crippen molar-refractivity contribution in [2.24, 2.45) is 41.4 Å². The Labute approximate surface area is 115 Å². The molecule has 0 aromatic heterocycles. The Hall–Kier alpha value is -0.660. The molecule has 0 heterocycles. The molecular weight excluding hydrogens is 236 g/mol. The number of rotatable bonds is 3. The van der Waals surface area contributed by atoms with Gasteiger partial charge in [0, 0.05) is 17.8 Å². The van der Waals surface area contributed by atoms with Crippen molar-refractivity contribution in [2.75, 3.05) is 0 Å². The van der Waals surface area contributed by atoms with Crippen molar-refractivity contribution in [3.8, 4) is 0 Å². The molecule has 4 bridgehead atoms. The first-order chi connectivity index (χ1) is 9.15.